The van der Waals surface area contributed by atoms with Crippen LogP contribution in [-0.2, 0) is 4.79 Å². The summed E-state index contributed by atoms with van der Waals surface area (Å²) in [6.45, 7) is 1.81. The van der Waals surface area contributed by atoms with Crippen LogP contribution in [0.1, 0.15) is 12.5 Å². The van der Waals surface area contributed by atoms with Crippen molar-refractivity contribution >= 4 is 68.6 Å². The lowest BCUT2D eigenvalue weighted by molar-refractivity contribution is -0.120. The second kappa shape index (κ2) is 8.19. The second-order valence-electron chi connectivity index (χ2n) is 5.08. The second-order valence-corrected chi connectivity index (χ2v) is 8.51. The molecule has 0 bridgehead atoms. The summed E-state index contributed by atoms with van der Waals surface area (Å²) in [7, 11) is 0. The number of nitrogens with one attached hydrogen (secondary N) is 1. The van der Waals surface area contributed by atoms with Crippen molar-refractivity contribution in [3.05, 3.63) is 58.1 Å². The van der Waals surface area contributed by atoms with Gasteiger partial charge in [-0.15, -0.1) is 11.3 Å². The molecule has 1 N–H and O–H groups in total. The Balaban J connectivity index is 1.61. The molecule has 0 unspecified atom stereocenters. The van der Waals surface area contributed by atoms with E-state index in [1.807, 2.05) is 31.2 Å². The third kappa shape index (κ3) is 4.52. The zero-order valence-electron chi connectivity index (χ0n) is 13.1. The summed E-state index contributed by atoms with van der Waals surface area (Å²) in [5.41, 5.74) is 4.01. The predicted molar refractivity (Wildman–Crippen MR) is 107 cm³/mol. The molecule has 1 atom stereocenters. The molecule has 0 fully saturated rings. The minimum Gasteiger partial charge on any atom is -0.272 e. The molecular formula is C17H13Cl2N3OS2. The first-order valence-electron chi connectivity index (χ1n) is 7.34. The van der Waals surface area contributed by atoms with Gasteiger partial charge in [-0.05, 0) is 31.2 Å². The van der Waals surface area contributed by atoms with Crippen LogP contribution in [0.5, 0.6) is 0 Å². The fourth-order valence-corrected chi connectivity index (χ4v) is 4.69. The minimum atomic E-state index is -0.334. The molecule has 3 rings (SSSR count). The highest BCUT2D eigenvalue weighted by Crippen LogP contribution is 2.31. The van der Waals surface area contributed by atoms with Crippen molar-refractivity contribution in [1.29, 1.82) is 0 Å². The van der Waals surface area contributed by atoms with Gasteiger partial charge >= 0.3 is 0 Å². The summed E-state index contributed by atoms with van der Waals surface area (Å²) in [6, 6.07) is 13.1. The van der Waals surface area contributed by atoms with Gasteiger partial charge in [0.15, 0.2) is 4.34 Å². The third-order valence-corrected chi connectivity index (χ3v) is 6.18. The maximum atomic E-state index is 12.2. The predicted octanol–water partition coefficient (Wildman–Crippen LogP) is 5.23. The number of rotatable bonds is 5. The highest BCUT2D eigenvalue weighted by atomic mass is 35.5. The quantitative estimate of drug-likeness (QED) is 0.356. The molecule has 1 aromatic heterocycles. The van der Waals surface area contributed by atoms with Crippen LogP contribution in [0.3, 0.4) is 0 Å². The molecule has 0 radical (unpaired) electrons. The van der Waals surface area contributed by atoms with E-state index in [9.17, 15) is 4.79 Å². The minimum absolute atomic E-state index is 0.219. The topological polar surface area (TPSA) is 54.4 Å². The molecule has 0 saturated carbocycles. The first-order valence-corrected chi connectivity index (χ1v) is 9.79. The largest absolute Gasteiger partial charge is 0.272 e. The molecule has 3 aromatic rings. The van der Waals surface area contributed by atoms with Crippen LogP contribution >= 0.6 is 46.3 Å². The molecule has 4 nitrogen and oxygen atoms in total. The molecule has 2 aromatic carbocycles. The van der Waals surface area contributed by atoms with Gasteiger partial charge in [-0.2, -0.15) is 5.10 Å². The Labute approximate surface area is 163 Å². The monoisotopic (exact) mass is 409 g/mol. The summed E-state index contributed by atoms with van der Waals surface area (Å²) in [5.74, 6) is -0.219. The standard InChI is InChI=1S/C17H13Cl2N3OS2/c1-10(24-17-21-14-7-2-3-8-15(14)25-17)16(23)22-20-9-11-12(18)5-4-6-13(11)19/h2-10H,1H3,(H,22,23)/b20-9+/t10-/m0/s1. The maximum Gasteiger partial charge on any atom is 0.253 e. The lowest BCUT2D eigenvalue weighted by Crippen LogP contribution is -2.26. The number of hydrazone groups is 1. The Morgan fingerprint density at radius 2 is 1.96 bits per heavy atom. The molecule has 0 saturated heterocycles. The first-order chi connectivity index (χ1) is 12.0. The molecule has 0 spiro atoms. The van der Waals surface area contributed by atoms with Gasteiger partial charge in [0.1, 0.15) is 0 Å². The van der Waals surface area contributed by atoms with Gasteiger partial charge in [0.05, 0.1) is 31.7 Å². The number of halogens is 2. The lowest BCUT2D eigenvalue weighted by atomic mass is 10.2. The Bertz CT molecular complexity index is 889. The van der Waals surface area contributed by atoms with Crippen molar-refractivity contribution in [2.24, 2.45) is 5.10 Å². The fraction of sp³-hybridized carbons (Fsp3) is 0.118. The molecule has 128 valence electrons. The average molecular weight is 410 g/mol. The third-order valence-electron chi connectivity index (χ3n) is 3.29. The highest BCUT2D eigenvalue weighted by Gasteiger charge is 2.16. The van der Waals surface area contributed by atoms with E-state index in [2.05, 4.69) is 15.5 Å². The van der Waals surface area contributed by atoms with Gasteiger partial charge in [0.2, 0.25) is 0 Å². The SMILES string of the molecule is C[C@H](Sc1nc2ccccc2s1)C(=O)N/N=C/c1c(Cl)cccc1Cl. The van der Waals surface area contributed by atoms with Gasteiger partial charge in [0.25, 0.3) is 5.91 Å². The van der Waals surface area contributed by atoms with Crippen LogP contribution in [-0.4, -0.2) is 22.4 Å². The van der Waals surface area contributed by atoms with Gasteiger partial charge in [0, 0.05) is 5.56 Å². The first kappa shape index (κ1) is 18.2. The molecular weight excluding hydrogens is 397 g/mol. The zero-order valence-corrected chi connectivity index (χ0v) is 16.2. The number of para-hydroxylation sites is 1. The summed E-state index contributed by atoms with van der Waals surface area (Å²) in [6.07, 6.45) is 1.44. The summed E-state index contributed by atoms with van der Waals surface area (Å²) >= 11 is 15.1. The van der Waals surface area contributed by atoms with E-state index in [0.29, 0.717) is 15.6 Å². The molecule has 0 aliphatic carbocycles. The Kier molecular flexibility index (Phi) is 5.96. The van der Waals surface area contributed by atoms with Crippen molar-refractivity contribution in [1.82, 2.24) is 10.4 Å². The summed E-state index contributed by atoms with van der Waals surface area (Å²) in [5, 5.41) is 4.56. The molecule has 8 heteroatoms. The molecule has 0 aliphatic heterocycles. The van der Waals surface area contributed by atoms with Crippen LogP contribution in [0.2, 0.25) is 10.0 Å². The van der Waals surface area contributed by atoms with E-state index >= 15 is 0 Å². The van der Waals surface area contributed by atoms with E-state index in [-0.39, 0.29) is 11.2 Å². The van der Waals surface area contributed by atoms with Crippen molar-refractivity contribution < 1.29 is 4.79 Å². The van der Waals surface area contributed by atoms with Crippen LogP contribution in [0, 0.1) is 0 Å². The van der Waals surface area contributed by atoms with E-state index in [1.54, 1.807) is 29.5 Å². The smallest absolute Gasteiger partial charge is 0.253 e. The number of fused-ring (bicyclic) bond motifs is 1. The van der Waals surface area contributed by atoms with E-state index in [0.717, 1.165) is 14.6 Å². The van der Waals surface area contributed by atoms with Crippen LogP contribution in [0.25, 0.3) is 10.2 Å². The molecule has 1 amide bonds. The van der Waals surface area contributed by atoms with Crippen molar-refractivity contribution in [3.8, 4) is 0 Å². The number of nitrogens with zero attached hydrogens (tertiary/aromatic N) is 2. The Morgan fingerprint density at radius 3 is 2.68 bits per heavy atom. The Morgan fingerprint density at radius 1 is 1.24 bits per heavy atom. The van der Waals surface area contributed by atoms with Gasteiger partial charge < -0.3 is 0 Å². The number of benzene rings is 2. The normalized spacial score (nSPS) is 12.6. The highest BCUT2D eigenvalue weighted by molar-refractivity contribution is 8.02. The number of carbonyl (C=O) groups excluding carboxylic acids is 1. The van der Waals surface area contributed by atoms with Gasteiger partial charge in [-0.1, -0.05) is 53.2 Å². The number of thiazole rings is 1. The van der Waals surface area contributed by atoms with E-state index in [4.69, 9.17) is 23.2 Å². The molecule has 0 aliphatic rings. The van der Waals surface area contributed by atoms with Crippen molar-refractivity contribution in [2.75, 3.05) is 0 Å². The van der Waals surface area contributed by atoms with Gasteiger partial charge in [-0.3, -0.25) is 4.79 Å². The van der Waals surface area contributed by atoms with Crippen molar-refractivity contribution in [3.63, 3.8) is 0 Å². The van der Waals surface area contributed by atoms with Crippen molar-refractivity contribution in [2.45, 2.75) is 16.5 Å². The van der Waals surface area contributed by atoms with Gasteiger partial charge in [-0.25, -0.2) is 10.4 Å². The summed E-state index contributed by atoms with van der Waals surface area (Å²) in [4.78, 5) is 16.7. The summed E-state index contributed by atoms with van der Waals surface area (Å²) < 4.78 is 1.95. The number of carbonyl (C=O) groups is 1. The molecule has 1 heterocycles. The van der Waals surface area contributed by atoms with Crippen LogP contribution < -0.4 is 5.43 Å². The maximum absolute atomic E-state index is 12.2. The van der Waals surface area contributed by atoms with Crippen LogP contribution in [0.15, 0.2) is 51.9 Å². The number of aromatic nitrogens is 1. The number of hydrogen-bond acceptors (Lipinski definition) is 5. The number of thioether (sulfide) groups is 1. The van der Waals surface area contributed by atoms with E-state index in [1.165, 1.54) is 18.0 Å². The molecule has 25 heavy (non-hydrogen) atoms. The average Bonchev–Trinajstić information content (AvgIpc) is 2.99. The number of amides is 1. The lowest BCUT2D eigenvalue weighted by Gasteiger charge is -2.07. The van der Waals surface area contributed by atoms with E-state index < -0.39 is 0 Å². The zero-order chi connectivity index (χ0) is 17.8. The Hall–Kier alpha value is -1.60. The fourth-order valence-electron chi connectivity index (χ4n) is 1.99. The number of hydrogen-bond donors (Lipinski definition) is 1. The van der Waals surface area contributed by atoms with Crippen LogP contribution in [0.4, 0.5) is 0 Å².